The highest BCUT2D eigenvalue weighted by molar-refractivity contribution is 5.40. The number of benzene rings is 1. The van der Waals surface area contributed by atoms with Gasteiger partial charge in [0, 0.05) is 25.4 Å². The monoisotopic (exact) mass is 298 g/mol. The van der Waals surface area contributed by atoms with Crippen LogP contribution in [0.3, 0.4) is 0 Å². The van der Waals surface area contributed by atoms with Crippen molar-refractivity contribution in [3.8, 4) is 11.5 Å². The summed E-state index contributed by atoms with van der Waals surface area (Å²) in [6, 6.07) is 12.3. The molecule has 0 saturated carbocycles. The third-order valence-electron chi connectivity index (χ3n) is 4.23. The minimum atomic E-state index is 0.521. The van der Waals surface area contributed by atoms with E-state index in [1.165, 1.54) is 5.56 Å². The van der Waals surface area contributed by atoms with Gasteiger partial charge >= 0.3 is 0 Å². The molecular weight excluding hydrogens is 276 g/mol. The fourth-order valence-corrected chi connectivity index (χ4v) is 3.03. The number of nitrogens with zero attached hydrogens (tertiary/aromatic N) is 2. The lowest BCUT2D eigenvalue weighted by atomic mass is 9.98. The molecule has 116 valence electrons. The van der Waals surface area contributed by atoms with Crippen LogP contribution in [0.25, 0.3) is 0 Å². The van der Waals surface area contributed by atoms with Crippen molar-refractivity contribution >= 4 is 0 Å². The van der Waals surface area contributed by atoms with E-state index >= 15 is 0 Å². The summed E-state index contributed by atoms with van der Waals surface area (Å²) >= 11 is 0. The van der Waals surface area contributed by atoms with Gasteiger partial charge in [0.05, 0.1) is 19.9 Å². The Hall–Kier alpha value is -2.07. The molecule has 4 nitrogen and oxygen atoms in total. The number of rotatable bonds is 5. The number of pyridine rings is 1. The van der Waals surface area contributed by atoms with Gasteiger partial charge in [-0.2, -0.15) is 0 Å². The smallest absolute Gasteiger partial charge is 0.122 e. The molecule has 0 N–H and O–H groups in total. The van der Waals surface area contributed by atoms with Crippen LogP contribution in [0.4, 0.5) is 0 Å². The van der Waals surface area contributed by atoms with Crippen molar-refractivity contribution in [1.82, 2.24) is 9.88 Å². The molecular formula is C18H22N2O2. The summed E-state index contributed by atoms with van der Waals surface area (Å²) in [7, 11) is 3.39. The Morgan fingerprint density at radius 2 is 1.91 bits per heavy atom. The lowest BCUT2D eigenvalue weighted by molar-refractivity contribution is 0.322. The van der Waals surface area contributed by atoms with Crippen molar-refractivity contribution in [3.05, 3.63) is 53.9 Å². The van der Waals surface area contributed by atoms with Gasteiger partial charge in [-0.1, -0.05) is 6.07 Å². The highest BCUT2D eigenvalue weighted by atomic mass is 16.5. The van der Waals surface area contributed by atoms with E-state index in [1.54, 1.807) is 14.2 Å². The highest BCUT2D eigenvalue weighted by Crippen LogP contribution is 2.33. The van der Waals surface area contributed by atoms with Crippen LogP contribution < -0.4 is 9.47 Å². The fraction of sp³-hybridized carbons (Fsp3) is 0.389. The number of aromatic nitrogens is 1. The molecule has 22 heavy (non-hydrogen) atoms. The number of likely N-dealkylation sites (tertiary alicyclic amines) is 1. The maximum absolute atomic E-state index is 5.38. The molecule has 3 rings (SSSR count). The topological polar surface area (TPSA) is 34.6 Å². The number of hydrogen-bond acceptors (Lipinski definition) is 4. The van der Waals surface area contributed by atoms with Crippen LogP contribution in [0, 0.1) is 0 Å². The Bertz CT molecular complexity index is 593. The second-order valence-corrected chi connectivity index (χ2v) is 5.69. The first-order valence-electron chi connectivity index (χ1n) is 7.63. The zero-order valence-corrected chi connectivity index (χ0v) is 13.2. The fourth-order valence-electron chi connectivity index (χ4n) is 3.03. The molecule has 0 spiro atoms. The van der Waals surface area contributed by atoms with Crippen molar-refractivity contribution in [3.63, 3.8) is 0 Å². The van der Waals surface area contributed by atoms with Crippen LogP contribution in [0.5, 0.6) is 11.5 Å². The second-order valence-electron chi connectivity index (χ2n) is 5.69. The zero-order valence-electron chi connectivity index (χ0n) is 13.2. The molecule has 0 amide bonds. The first-order chi connectivity index (χ1) is 10.8. The molecule has 0 bridgehead atoms. The first kappa shape index (κ1) is 14.9. The number of ether oxygens (including phenoxy) is 2. The highest BCUT2D eigenvalue weighted by Gasteiger charge is 2.25. The van der Waals surface area contributed by atoms with Gasteiger partial charge in [-0.3, -0.25) is 9.88 Å². The summed E-state index contributed by atoms with van der Waals surface area (Å²) in [5, 5.41) is 0. The first-order valence-corrected chi connectivity index (χ1v) is 7.63. The van der Waals surface area contributed by atoms with Gasteiger partial charge in [-0.25, -0.2) is 0 Å². The summed E-state index contributed by atoms with van der Waals surface area (Å²) < 4.78 is 10.8. The molecule has 4 heteroatoms. The summed E-state index contributed by atoms with van der Waals surface area (Å²) in [5.74, 6) is 2.24. The molecule has 1 aromatic heterocycles. The molecule has 1 saturated heterocycles. The molecule has 0 aliphatic carbocycles. The Labute approximate surface area is 131 Å². The van der Waals surface area contributed by atoms with Gasteiger partial charge in [-0.15, -0.1) is 0 Å². The van der Waals surface area contributed by atoms with Crippen LogP contribution in [0.2, 0.25) is 0 Å². The van der Waals surface area contributed by atoms with Crippen molar-refractivity contribution in [1.29, 1.82) is 0 Å². The Kier molecular flexibility index (Phi) is 4.59. The quantitative estimate of drug-likeness (QED) is 0.849. The van der Waals surface area contributed by atoms with Crippen molar-refractivity contribution in [2.24, 2.45) is 0 Å². The standard InChI is InChI=1S/C18H22N2O2/c1-21-17-9-15(10-18(11-17)22-2)14-6-8-20(12-14)13-16-5-3-4-7-19-16/h3-5,7,9-11,14H,6,8,12-13H2,1-2H3/t14-/m0/s1. The largest absolute Gasteiger partial charge is 0.497 e. The molecule has 0 unspecified atom stereocenters. The van der Waals surface area contributed by atoms with Crippen LogP contribution in [0.1, 0.15) is 23.6 Å². The maximum atomic E-state index is 5.38. The van der Waals surface area contributed by atoms with Gasteiger partial charge in [0.15, 0.2) is 0 Å². The summed E-state index contributed by atoms with van der Waals surface area (Å²) in [4.78, 5) is 6.87. The van der Waals surface area contributed by atoms with Crippen LogP contribution >= 0.6 is 0 Å². The second kappa shape index (κ2) is 6.79. The van der Waals surface area contributed by atoms with E-state index in [2.05, 4.69) is 28.1 Å². The minimum absolute atomic E-state index is 0.521. The van der Waals surface area contributed by atoms with E-state index in [9.17, 15) is 0 Å². The SMILES string of the molecule is COc1cc(OC)cc([C@H]2CCN(Cc3ccccn3)C2)c1. The average Bonchev–Trinajstić information content (AvgIpc) is 3.03. The van der Waals surface area contributed by atoms with E-state index < -0.39 is 0 Å². The molecule has 1 fully saturated rings. The lowest BCUT2D eigenvalue weighted by Gasteiger charge is -2.16. The number of methoxy groups -OCH3 is 2. The van der Waals surface area contributed by atoms with Gasteiger partial charge in [0.2, 0.25) is 0 Å². The van der Waals surface area contributed by atoms with Crippen LogP contribution in [-0.4, -0.2) is 37.2 Å². The Morgan fingerprint density at radius 1 is 1.14 bits per heavy atom. The lowest BCUT2D eigenvalue weighted by Crippen LogP contribution is -2.20. The van der Waals surface area contributed by atoms with Gasteiger partial charge in [0.1, 0.15) is 11.5 Å². The molecule has 1 atom stereocenters. The number of hydrogen-bond donors (Lipinski definition) is 0. The molecule has 0 radical (unpaired) electrons. The van der Waals surface area contributed by atoms with Crippen LogP contribution in [-0.2, 0) is 6.54 Å². The van der Waals surface area contributed by atoms with E-state index in [4.69, 9.17) is 9.47 Å². The summed E-state index contributed by atoms with van der Waals surface area (Å²) in [5.41, 5.74) is 2.42. The molecule has 1 aliphatic heterocycles. The van der Waals surface area contributed by atoms with Gasteiger partial charge in [-0.05, 0) is 48.7 Å². The van der Waals surface area contributed by atoms with Crippen LogP contribution in [0.15, 0.2) is 42.6 Å². The minimum Gasteiger partial charge on any atom is -0.497 e. The Morgan fingerprint density at radius 3 is 2.55 bits per heavy atom. The van der Waals surface area contributed by atoms with Crippen molar-refractivity contribution in [2.45, 2.75) is 18.9 Å². The average molecular weight is 298 g/mol. The third-order valence-corrected chi connectivity index (χ3v) is 4.23. The predicted octanol–water partition coefficient (Wildman–Crippen LogP) is 3.09. The zero-order chi connectivity index (χ0) is 15.4. The normalized spacial score (nSPS) is 18.4. The van der Waals surface area contributed by atoms with Crippen molar-refractivity contribution < 1.29 is 9.47 Å². The van der Waals surface area contributed by atoms with Crippen molar-refractivity contribution in [2.75, 3.05) is 27.3 Å². The van der Waals surface area contributed by atoms with E-state index in [0.717, 1.165) is 43.2 Å². The summed E-state index contributed by atoms with van der Waals surface area (Å²) in [6.45, 7) is 3.06. The molecule has 2 heterocycles. The third kappa shape index (κ3) is 3.39. The molecule has 2 aromatic rings. The van der Waals surface area contributed by atoms with Gasteiger partial charge < -0.3 is 9.47 Å². The molecule has 1 aromatic carbocycles. The van der Waals surface area contributed by atoms with Gasteiger partial charge in [0.25, 0.3) is 0 Å². The molecule has 1 aliphatic rings. The summed E-state index contributed by atoms with van der Waals surface area (Å²) in [6.07, 6.45) is 3.01. The Balaban J connectivity index is 1.69. The maximum Gasteiger partial charge on any atom is 0.122 e. The van der Waals surface area contributed by atoms with E-state index in [1.807, 2.05) is 24.4 Å². The predicted molar refractivity (Wildman–Crippen MR) is 86.4 cm³/mol. The van der Waals surface area contributed by atoms with E-state index in [-0.39, 0.29) is 0 Å². The van der Waals surface area contributed by atoms with E-state index in [0.29, 0.717) is 5.92 Å².